The Morgan fingerprint density at radius 3 is 2.50 bits per heavy atom. The maximum absolute atomic E-state index is 12.6. The van der Waals surface area contributed by atoms with Gasteiger partial charge in [0.2, 0.25) is 11.8 Å². The van der Waals surface area contributed by atoms with Gasteiger partial charge in [0.25, 0.3) is 0 Å². The van der Waals surface area contributed by atoms with Crippen LogP contribution < -0.4 is 15.4 Å². The predicted molar refractivity (Wildman–Crippen MR) is 108 cm³/mol. The topological polar surface area (TPSA) is 84.6 Å². The van der Waals surface area contributed by atoms with Crippen LogP contribution in [0.25, 0.3) is 0 Å². The minimum Gasteiger partial charge on any atom is -0.475 e. The largest absolute Gasteiger partial charge is 0.475 e. The number of alkyl halides is 3. The highest BCUT2D eigenvalue weighted by Crippen LogP contribution is 2.33. The van der Waals surface area contributed by atoms with Crippen molar-refractivity contribution in [3.8, 4) is 5.88 Å². The maximum Gasteiger partial charge on any atom is 0.417 e. The molecule has 0 aliphatic carbocycles. The lowest BCUT2D eigenvalue weighted by Gasteiger charge is -2.13. The molecule has 2 rings (SSSR count). The Labute approximate surface area is 178 Å². The van der Waals surface area contributed by atoms with E-state index in [1.807, 2.05) is 27.7 Å². The molecule has 30 heavy (non-hydrogen) atoms. The Morgan fingerprint density at radius 2 is 1.93 bits per heavy atom. The van der Waals surface area contributed by atoms with E-state index < -0.39 is 11.7 Å². The number of aliphatic imine (C=N–C) groups is 1. The summed E-state index contributed by atoms with van der Waals surface area (Å²) in [4.78, 5) is 12.3. The maximum atomic E-state index is 12.6. The summed E-state index contributed by atoms with van der Waals surface area (Å²) in [6.45, 7) is 9.34. The SMILES string of the molecule is CCNC(=NCc1ncc(C(C)(C)C)o1)NCCOc1ncc(C(F)(F)F)cc1Cl. The van der Waals surface area contributed by atoms with Crippen LogP contribution >= 0.6 is 11.6 Å². The molecule has 2 aromatic heterocycles. The number of ether oxygens (including phenoxy) is 1. The van der Waals surface area contributed by atoms with Crippen LogP contribution in [0.5, 0.6) is 5.88 Å². The molecule has 7 nitrogen and oxygen atoms in total. The second-order valence-electron chi connectivity index (χ2n) is 7.35. The first-order chi connectivity index (χ1) is 14.0. The van der Waals surface area contributed by atoms with E-state index >= 15 is 0 Å². The summed E-state index contributed by atoms with van der Waals surface area (Å²) in [6, 6.07) is 0.783. The lowest BCUT2D eigenvalue weighted by molar-refractivity contribution is -0.137. The average Bonchev–Trinajstić information content (AvgIpc) is 3.12. The highest BCUT2D eigenvalue weighted by atomic mass is 35.5. The number of hydrogen-bond donors (Lipinski definition) is 2. The number of pyridine rings is 1. The Kier molecular flexibility index (Phi) is 7.94. The van der Waals surface area contributed by atoms with Crippen LogP contribution in [0.3, 0.4) is 0 Å². The Balaban J connectivity index is 1.87. The molecule has 0 unspecified atom stereocenters. The van der Waals surface area contributed by atoms with Gasteiger partial charge in [-0.3, -0.25) is 0 Å². The van der Waals surface area contributed by atoms with E-state index in [9.17, 15) is 13.2 Å². The summed E-state index contributed by atoms with van der Waals surface area (Å²) in [7, 11) is 0. The fraction of sp³-hybridized carbons (Fsp3) is 0.526. The third kappa shape index (κ3) is 7.08. The number of nitrogens with one attached hydrogen (secondary N) is 2. The van der Waals surface area contributed by atoms with Gasteiger partial charge in [-0.25, -0.2) is 15.0 Å². The zero-order valence-corrected chi connectivity index (χ0v) is 18.0. The van der Waals surface area contributed by atoms with Gasteiger partial charge in [0.1, 0.15) is 23.9 Å². The van der Waals surface area contributed by atoms with Crippen LogP contribution in [0.15, 0.2) is 27.9 Å². The van der Waals surface area contributed by atoms with E-state index in [4.69, 9.17) is 20.8 Å². The molecule has 0 radical (unpaired) electrons. The van der Waals surface area contributed by atoms with E-state index in [0.717, 1.165) is 11.8 Å². The highest BCUT2D eigenvalue weighted by molar-refractivity contribution is 6.31. The molecule has 0 fully saturated rings. The molecular formula is C19H25ClF3N5O2. The quantitative estimate of drug-likeness (QED) is 0.376. The van der Waals surface area contributed by atoms with Crippen molar-refractivity contribution >= 4 is 17.6 Å². The molecule has 0 aromatic carbocycles. The van der Waals surface area contributed by atoms with E-state index in [0.29, 0.717) is 31.1 Å². The number of hydrogen-bond acceptors (Lipinski definition) is 5. The molecule has 0 aliphatic heterocycles. The minimum atomic E-state index is -4.51. The van der Waals surface area contributed by atoms with Crippen molar-refractivity contribution in [2.45, 2.75) is 45.8 Å². The first kappa shape index (κ1) is 23.8. The van der Waals surface area contributed by atoms with Gasteiger partial charge in [-0.05, 0) is 13.0 Å². The molecule has 0 saturated carbocycles. The number of rotatable bonds is 7. The number of aromatic nitrogens is 2. The van der Waals surface area contributed by atoms with Gasteiger partial charge in [-0.1, -0.05) is 32.4 Å². The van der Waals surface area contributed by atoms with Gasteiger partial charge in [0.05, 0.1) is 18.3 Å². The van der Waals surface area contributed by atoms with Crippen LogP contribution in [0, 0.1) is 0 Å². The van der Waals surface area contributed by atoms with Crippen LogP contribution in [0.1, 0.15) is 44.9 Å². The Bertz CT molecular complexity index is 863. The first-order valence-corrected chi connectivity index (χ1v) is 9.71. The van der Waals surface area contributed by atoms with Crippen molar-refractivity contribution in [2.24, 2.45) is 4.99 Å². The molecule has 2 aromatic rings. The minimum absolute atomic E-state index is 0.0668. The monoisotopic (exact) mass is 447 g/mol. The molecule has 166 valence electrons. The predicted octanol–water partition coefficient (Wildman–Crippen LogP) is 4.17. The Morgan fingerprint density at radius 1 is 1.20 bits per heavy atom. The second kappa shape index (κ2) is 10.0. The molecule has 11 heteroatoms. The van der Waals surface area contributed by atoms with Crippen molar-refractivity contribution in [3.05, 3.63) is 40.7 Å². The number of oxazole rings is 1. The van der Waals surface area contributed by atoms with Gasteiger partial charge < -0.3 is 19.8 Å². The van der Waals surface area contributed by atoms with Crippen molar-refractivity contribution < 1.29 is 22.3 Å². The molecule has 0 saturated heterocycles. The molecule has 0 aliphatic rings. The van der Waals surface area contributed by atoms with Crippen LogP contribution in [-0.2, 0) is 18.1 Å². The Hall–Kier alpha value is -2.49. The smallest absolute Gasteiger partial charge is 0.417 e. The molecular weight excluding hydrogens is 423 g/mol. The van der Waals surface area contributed by atoms with E-state index in [-0.39, 0.29) is 29.5 Å². The lowest BCUT2D eigenvalue weighted by Crippen LogP contribution is -2.39. The van der Waals surface area contributed by atoms with Crippen molar-refractivity contribution in [3.63, 3.8) is 0 Å². The molecule has 0 atom stereocenters. The van der Waals surface area contributed by atoms with Gasteiger partial charge in [-0.15, -0.1) is 0 Å². The van der Waals surface area contributed by atoms with Gasteiger partial charge in [-0.2, -0.15) is 13.2 Å². The summed E-state index contributed by atoms with van der Waals surface area (Å²) >= 11 is 5.82. The fourth-order valence-electron chi connectivity index (χ4n) is 2.22. The van der Waals surface area contributed by atoms with Crippen LogP contribution in [0.4, 0.5) is 13.2 Å². The van der Waals surface area contributed by atoms with E-state index in [1.165, 1.54) is 0 Å². The molecule has 2 heterocycles. The number of nitrogens with zero attached hydrogens (tertiary/aromatic N) is 3. The van der Waals surface area contributed by atoms with Gasteiger partial charge in [0.15, 0.2) is 5.96 Å². The van der Waals surface area contributed by atoms with Crippen molar-refractivity contribution in [1.82, 2.24) is 20.6 Å². The highest BCUT2D eigenvalue weighted by Gasteiger charge is 2.31. The molecule has 2 N–H and O–H groups in total. The van der Waals surface area contributed by atoms with Gasteiger partial charge >= 0.3 is 6.18 Å². The summed E-state index contributed by atoms with van der Waals surface area (Å²) in [5, 5.41) is 5.91. The summed E-state index contributed by atoms with van der Waals surface area (Å²) in [5.41, 5.74) is -1.07. The summed E-state index contributed by atoms with van der Waals surface area (Å²) in [6.07, 6.45) is -2.13. The zero-order chi connectivity index (χ0) is 22.4. The van der Waals surface area contributed by atoms with E-state index in [1.54, 1.807) is 6.20 Å². The third-order valence-electron chi connectivity index (χ3n) is 3.78. The normalized spacial score (nSPS) is 12.7. The standard InChI is InChI=1S/C19H25ClF3N5O2/c1-5-24-17(28-11-15-26-10-14(30-15)18(2,3)4)25-6-7-29-16-13(20)8-12(9-27-16)19(21,22)23/h8-10H,5-7,11H2,1-4H3,(H2,24,25,28). The number of halogens is 4. The van der Waals surface area contributed by atoms with Crippen LogP contribution in [-0.4, -0.2) is 35.6 Å². The average molecular weight is 448 g/mol. The summed E-state index contributed by atoms with van der Waals surface area (Å²) in [5.74, 6) is 1.72. The van der Waals surface area contributed by atoms with E-state index in [2.05, 4.69) is 25.6 Å². The molecule has 0 spiro atoms. The third-order valence-corrected chi connectivity index (χ3v) is 4.05. The lowest BCUT2D eigenvalue weighted by atomic mass is 9.94. The first-order valence-electron chi connectivity index (χ1n) is 9.33. The van der Waals surface area contributed by atoms with Gasteiger partial charge in [0, 0.05) is 18.2 Å². The number of guanidine groups is 1. The summed E-state index contributed by atoms with van der Waals surface area (Å²) < 4.78 is 49.0. The molecule has 0 bridgehead atoms. The van der Waals surface area contributed by atoms with Crippen LogP contribution in [0.2, 0.25) is 5.02 Å². The van der Waals surface area contributed by atoms with Crippen molar-refractivity contribution in [1.29, 1.82) is 0 Å². The van der Waals surface area contributed by atoms with Crippen molar-refractivity contribution in [2.75, 3.05) is 19.7 Å². The zero-order valence-electron chi connectivity index (χ0n) is 17.2. The molecule has 0 amide bonds. The second-order valence-corrected chi connectivity index (χ2v) is 7.75. The fourth-order valence-corrected chi connectivity index (χ4v) is 2.44.